The Labute approximate surface area is 150 Å². The normalized spacial score (nSPS) is 30.8. The second kappa shape index (κ2) is 7.77. The molecular formula is C19H32N4O2. The van der Waals surface area contributed by atoms with Crippen LogP contribution in [0.3, 0.4) is 0 Å². The molecule has 0 bridgehead atoms. The van der Waals surface area contributed by atoms with E-state index in [1.807, 2.05) is 11.8 Å². The molecule has 3 atom stereocenters. The maximum absolute atomic E-state index is 13.1. The lowest BCUT2D eigenvalue weighted by Crippen LogP contribution is -2.50. The summed E-state index contributed by atoms with van der Waals surface area (Å²) in [6.07, 6.45) is 6.59. The highest BCUT2D eigenvalue weighted by atomic mass is 16.5. The minimum absolute atomic E-state index is 0.0678. The lowest BCUT2D eigenvalue weighted by molar-refractivity contribution is -0.0408. The zero-order chi connectivity index (χ0) is 18.0. The van der Waals surface area contributed by atoms with Gasteiger partial charge in [-0.2, -0.15) is 5.10 Å². The average Bonchev–Trinajstić information content (AvgIpc) is 2.74. The largest absolute Gasteiger partial charge is 0.375 e. The first-order valence-electron chi connectivity index (χ1n) is 9.69. The van der Waals surface area contributed by atoms with Gasteiger partial charge in [-0.1, -0.05) is 12.8 Å². The summed E-state index contributed by atoms with van der Waals surface area (Å²) in [6, 6.07) is 0.385. The zero-order valence-corrected chi connectivity index (χ0v) is 16.0. The van der Waals surface area contributed by atoms with Crippen molar-refractivity contribution >= 4 is 6.03 Å². The Kier molecular flexibility index (Phi) is 5.67. The fourth-order valence-electron chi connectivity index (χ4n) is 4.48. The Balaban J connectivity index is 1.76. The summed E-state index contributed by atoms with van der Waals surface area (Å²) in [6.45, 7) is 9.07. The van der Waals surface area contributed by atoms with E-state index in [-0.39, 0.29) is 30.3 Å². The number of ether oxygens (including phenoxy) is 1. The van der Waals surface area contributed by atoms with Crippen LogP contribution in [0.1, 0.15) is 75.4 Å². The van der Waals surface area contributed by atoms with E-state index in [1.165, 1.54) is 12.0 Å². The van der Waals surface area contributed by atoms with Gasteiger partial charge in [0.2, 0.25) is 0 Å². The summed E-state index contributed by atoms with van der Waals surface area (Å²) in [5, 5.41) is 10.7. The molecule has 6 nitrogen and oxygen atoms in total. The fraction of sp³-hybridized carbons (Fsp3) is 0.789. The van der Waals surface area contributed by atoms with Crippen LogP contribution in [0, 0.1) is 13.8 Å². The van der Waals surface area contributed by atoms with Gasteiger partial charge in [-0.3, -0.25) is 5.10 Å². The molecule has 6 heteroatoms. The van der Waals surface area contributed by atoms with E-state index in [1.54, 1.807) is 0 Å². The smallest absolute Gasteiger partial charge is 0.318 e. The van der Waals surface area contributed by atoms with Crippen molar-refractivity contribution < 1.29 is 9.53 Å². The first kappa shape index (κ1) is 18.2. The minimum Gasteiger partial charge on any atom is -0.375 e. The van der Waals surface area contributed by atoms with Gasteiger partial charge in [-0.15, -0.1) is 0 Å². The number of aryl methyl sites for hydroxylation is 2. The lowest BCUT2D eigenvalue weighted by atomic mass is 9.98. The SMILES string of the molecule is Cc1n[nH]c(C)c1C1CCCCCN1C(=O)NC1CC(C)OC(C)C1. The number of amides is 2. The number of hydrogen-bond acceptors (Lipinski definition) is 3. The Hall–Kier alpha value is -1.56. The van der Waals surface area contributed by atoms with Crippen LogP contribution in [0.5, 0.6) is 0 Å². The summed E-state index contributed by atoms with van der Waals surface area (Å²) >= 11 is 0. The maximum Gasteiger partial charge on any atom is 0.318 e. The molecule has 3 unspecified atom stereocenters. The van der Waals surface area contributed by atoms with Gasteiger partial charge in [0.05, 0.1) is 23.9 Å². The number of hydrogen-bond donors (Lipinski definition) is 2. The van der Waals surface area contributed by atoms with Gasteiger partial charge >= 0.3 is 6.03 Å². The van der Waals surface area contributed by atoms with Crippen molar-refractivity contribution in [2.45, 2.75) is 90.5 Å². The number of rotatable bonds is 2. The van der Waals surface area contributed by atoms with Crippen LogP contribution in [-0.2, 0) is 4.74 Å². The van der Waals surface area contributed by atoms with E-state index in [2.05, 4.69) is 36.3 Å². The van der Waals surface area contributed by atoms with Gasteiger partial charge in [-0.25, -0.2) is 4.79 Å². The summed E-state index contributed by atoms with van der Waals surface area (Å²) in [4.78, 5) is 15.1. The summed E-state index contributed by atoms with van der Waals surface area (Å²) in [5.74, 6) is 0. The topological polar surface area (TPSA) is 70.2 Å². The molecule has 0 aliphatic carbocycles. The molecule has 3 rings (SSSR count). The molecule has 0 spiro atoms. The van der Waals surface area contributed by atoms with Crippen LogP contribution in [0.25, 0.3) is 0 Å². The number of nitrogens with one attached hydrogen (secondary N) is 2. The van der Waals surface area contributed by atoms with Crippen molar-refractivity contribution in [3.8, 4) is 0 Å². The van der Waals surface area contributed by atoms with Gasteiger partial charge in [0, 0.05) is 23.8 Å². The predicted octanol–water partition coefficient (Wildman–Crippen LogP) is 3.61. The maximum atomic E-state index is 13.1. The van der Waals surface area contributed by atoms with Crippen LogP contribution in [0.15, 0.2) is 0 Å². The molecule has 0 saturated carbocycles. The summed E-state index contributed by atoms with van der Waals surface area (Å²) in [5.41, 5.74) is 3.29. The molecule has 2 fully saturated rings. The number of aromatic nitrogens is 2. The molecular weight excluding hydrogens is 316 g/mol. The van der Waals surface area contributed by atoms with Crippen molar-refractivity contribution in [2.24, 2.45) is 0 Å². The molecule has 0 aromatic carbocycles. The summed E-state index contributed by atoms with van der Waals surface area (Å²) in [7, 11) is 0. The highest BCUT2D eigenvalue weighted by Gasteiger charge is 2.32. The molecule has 0 radical (unpaired) electrons. The fourth-order valence-corrected chi connectivity index (χ4v) is 4.48. The van der Waals surface area contributed by atoms with E-state index in [4.69, 9.17) is 4.74 Å². The van der Waals surface area contributed by atoms with E-state index in [9.17, 15) is 4.79 Å². The highest BCUT2D eigenvalue weighted by Crippen LogP contribution is 2.33. The number of aromatic amines is 1. The molecule has 140 valence electrons. The number of carbonyl (C=O) groups excluding carboxylic acids is 1. The highest BCUT2D eigenvalue weighted by molar-refractivity contribution is 5.75. The number of H-pyrrole nitrogens is 1. The van der Waals surface area contributed by atoms with Crippen molar-refractivity contribution in [3.63, 3.8) is 0 Å². The van der Waals surface area contributed by atoms with Crippen LogP contribution < -0.4 is 5.32 Å². The second-order valence-electron chi connectivity index (χ2n) is 7.78. The van der Waals surface area contributed by atoms with Gasteiger partial charge < -0.3 is 15.0 Å². The molecule has 2 amide bonds. The Morgan fingerprint density at radius 2 is 1.92 bits per heavy atom. The van der Waals surface area contributed by atoms with Crippen LogP contribution in [0.2, 0.25) is 0 Å². The van der Waals surface area contributed by atoms with Gasteiger partial charge in [0.15, 0.2) is 0 Å². The molecule has 2 saturated heterocycles. The Morgan fingerprint density at radius 3 is 2.56 bits per heavy atom. The van der Waals surface area contributed by atoms with E-state index >= 15 is 0 Å². The van der Waals surface area contributed by atoms with E-state index < -0.39 is 0 Å². The third kappa shape index (κ3) is 4.17. The average molecular weight is 348 g/mol. The number of likely N-dealkylation sites (tertiary alicyclic amines) is 1. The van der Waals surface area contributed by atoms with Gasteiger partial charge in [0.1, 0.15) is 0 Å². The third-order valence-corrected chi connectivity index (χ3v) is 5.56. The second-order valence-corrected chi connectivity index (χ2v) is 7.78. The van der Waals surface area contributed by atoms with Crippen LogP contribution in [0.4, 0.5) is 4.79 Å². The molecule has 1 aromatic heterocycles. The number of urea groups is 1. The first-order valence-corrected chi connectivity index (χ1v) is 9.69. The van der Waals surface area contributed by atoms with Gasteiger partial charge in [-0.05, 0) is 53.4 Å². The molecule has 2 aliphatic heterocycles. The Morgan fingerprint density at radius 1 is 1.20 bits per heavy atom. The Bertz CT molecular complexity index is 571. The third-order valence-electron chi connectivity index (χ3n) is 5.56. The number of carbonyl (C=O) groups is 1. The monoisotopic (exact) mass is 348 g/mol. The van der Waals surface area contributed by atoms with E-state index in [0.29, 0.717) is 0 Å². The standard InChI is InChI=1S/C19H32N4O2/c1-12-10-16(11-13(2)25-12)20-19(24)23-9-7-5-6-8-17(23)18-14(3)21-22-15(18)4/h12-13,16-17H,5-11H2,1-4H3,(H,20,24)(H,21,22). The van der Waals surface area contributed by atoms with Crippen LogP contribution >= 0.6 is 0 Å². The van der Waals surface area contributed by atoms with Gasteiger partial charge in [0.25, 0.3) is 0 Å². The molecule has 2 N–H and O–H groups in total. The van der Waals surface area contributed by atoms with Crippen molar-refractivity contribution in [1.82, 2.24) is 20.4 Å². The molecule has 1 aromatic rings. The first-order chi connectivity index (χ1) is 12.0. The van der Waals surface area contributed by atoms with Crippen molar-refractivity contribution in [1.29, 1.82) is 0 Å². The lowest BCUT2D eigenvalue weighted by Gasteiger charge is -2.36. The van der Waals surface area contributed by atoms with Crippen molar-refractivity contribution in [3.05, 3.63) is 17.0 Å². The minimum atomic E-state index is 0.0678. The number of nitrogens with zero attached hydrogens (tertiary/aromatic N) is 2. The molecule has 3 heterocycles. The quantitative estimate of drug-likeness (QED) is 0.858. The zero-order valence-electron chi connectivity index (χ0n) is 16.0. The van der Waals surface area contributed by atoms with Crippen LogP contribution in [-0.4, -0.2) is 45.9 Å². The molecule has 2 aliphatic rings. The van der Waals surface area contributed by atoms with Crippen molar-refractivity contribution in [2.75, 3.05) is 6.54 Å². The van der Waals surface area contributed by atoms with E-state index in [0.717, 1.165) is 50.0 Å². The summed E-state index contributed by atoms with van der Waals surface area (Å²) < 4.78 is 5.80. The predicted molar refractivity (Wildman–Crippen MR) is 97.5 cm³/mol. The molecule has 25 heavy (non-hydrogen) atoms.